The van der Waals surface area contributed by atoms with E-state index < -0.39 is 23.9 Å². The predicted octanol–water partition coefficient (Wildman–Crippen LogP) is 2.00. The molecule has 31 heavy (non-hydrogen) atoms. The van der Waals surface area contributed by atoms with Gasteiger partial charge in [0.25, 0.3) is 0 Å². The zero-order valence-electron chi connectivity index (χ0n) is 19.7. The lowest BCUT2D eigenvalue weighted by molar-refractivity contribution is -0.132. The molecular weight excluding hydrogens is 397 g/mol. The molecule has 0 spiro atoms. The molecule has 0 atom stereocenters. The van der Waals surface area contributed by atoms with E-state index in [0.717, 1.165) is 5.46 Å². The average Bonchev–Trinajstić information content (AvgIpc) is 2.88. The SMILES string of the molecule is CC(C)(C)OC(=O)N1CCN(C(=O)Cc2ccc(B3OC(C)(C)C(C)(C)O3)cn2)CC1. The zero-order chi connectivity index (χ0) is 23.0. The van der Waals surface area contributed by atoms with Crippen molar-refractivity contribution in [3.63, 3.8) is 0 Å². The molecule has 8 nitrogen and oxygen atoms in total. The van der Waals surface area contributed by atoms with Crippen LogP contribution in [-0.4, -0.2) is 76.9 Å². The minimum Gasteiger partial charge on any atom is -0.444 e. The number of piperazine rings is 1. The number of rotatable bonds is 3. The standard InChI is InChI=1S/C22H34BN3O5/c1-20(2,3)29-19(28)26-12-10-25(11-13-26)18(27)14-17-9-8-16(15-24-17)23-30-21(4,5)22(6,7)31-23/h8-9,15H,10-14H2,1-7H3. The smallest absolute Gasteiger partial charge is 0.444 e. The molecule has 9 heteroatoms. The molecule has 0 saturated carbocycles. The van der Waals surface area contributed by atoms with Crippen molar-refractivity contribution in [1.29, 1.82) is 0 Å². The van der Waals surface area contributed by atoms with Crippen LogP contribution in [0.2, 0.25) is 0 Å². The molecule has 3 heterocycles. The van der Waals surface area contributed by atoms with Crippen LogP contribution in [0.1, 0.15) is 54.2 Å². The van der Waals surface area contributed by atoms with Crippen LogP contribution in [0.15, 0.2) is 18.3 Å². The average molecular weight is 431 g/mol. The summed E-state index contributed by atoms with van der Waals surface area (Å²) in [5.41, 5.74) is 0.185. The summed E-state index contributed by atoms with van der Waals surface area (Å²) in [6.45, 7) is 15.5. The van der Waals surface area contributed by atoms with Gasteiger partial charge in [-0.15, -0.1) is 0 Å². The van der Waals surface area contributed by atoms with Gasteiger partial charge in [-0.2, -0.15) is 0 Å². The number of amides is 2. The van der Waals surface area contributed by atoms with E-state index >= 15 is 0 Å². The third-order valence-corrected chi connectivity index (χ3v) is 5.99. The van der Waals surface area contributed by atoms with Gasteiger partial charge in [-0.3, -0.25) is 9.78 Å². The van der Waals surface area contributed by atoms with E-state index in [9.17, 15) is 9.59 Å². The molecule has 170 valence electrons. The van der Waals surface area contributed by atoms with Crippen molar-refractivity contribution in [3.8, 4) is 0 Å². The molecule has 2 fully saturated rings. The van der Waals surface area contributed by atoms with Crippen molar-refractivity contribution in [2.75, 3.05) is 26.2 Å². The summed E-state index contributed by atoms with van der Waals surface area (Å²) in [5, 5.41) is 0. The number of carbonyl (C=O) groups is 2. The Bertz CT molecular complexity index is 795. The number of ether oxygens (including phenoxy) is 1. The molecule has 2 aliphatic rings. The van der Waals surface area contributed by atoms with Crippen molar-refractivity contribution in [2.45, 2.75) is 71.7 Å². The van der Waals surface area contributed by atoms with Crippen LogP contribution in [0.25, 0.3) is 0 Å². The number of carbonyl (C=O) groups excluding carboxylic acids is 2. The van der Waals surface area contributed by atoms with Crippen LogP contribution in [-0.2, 0) is 25.3 Å². The summed E-state index contributed by atoms with van der Waals surface area (Å²) in [7, 11) is -0.469. The van der Waals surface area contributed by atoms with Crippen LogP contribution < -0.4 is 5.46 Å². The highest BCUT2D eigenvalue weighted by atomic mass is 16.7. The van der Waals surface area contributed by atoms with Crippen LogP contribution in [0.4, 0.5) is 4.79 Å². The maximum absolute atomic E-state index is 12.7. The van der Waals surface area contributed by atoms with Gasteiger partial charge in [-0.25, -0.2) is 4.79 Å². The number of hydrogen-bond donors (Lipinski definition) is 0. The summed E-state index contributed by atoms with van der Waals surface area (Å²) in [6.07, 6.45) is 1.60. The fraction of sp³-hybridized carbons (Fsp3) is 0.682. The Labute approximate surface area is 185 Å². The van der Waals surface area contributed by atoms with Gasteiger partial charge in [0.05, 0.1) is 17.6 Å². The van der Waals surface area contributed by atoms with Crippen molar-refractivity contribution in [3.05, 3.63) is 24.0 Å². The predicted molar refractivity (Wildman–Crippen MR) is 118 cm³/mol. The first-order chi connectivity index (χ1) is 14.3. The zero-order valence-corrected chi connectivity index (χ0v) is 19.7. The Balaban J connectivity index is 1.51. The van der Waals surface area contributed by atoms with E-state index in [2.05, 4.69) is 4.98 Å². The minimum atomic E-state index is -0.526. The molecule has 1 aromatic rings. The summed E-state index contributed by atoms with van der Waals surface area (Å²) >= 11 is 0. The van der Waals surface area contributed by atoms with Gasteiger partial charge in [-0.05, 0) is 54.5 Å². The Morgan fingerprint density at radius 1 is 1.03 bits per heavy atom. The van der Waals surface area contributed by atoms with Crippen LogP contribution in [0, 0.1) is 0 Å². The summed E-state index contributed by atoms with van der Waals surface area (Å²) in [5.74, 6) is -0.000258. The second-order valence-electron chi connectivity index (χ2n) is 10.2. The van der Waals surface area contributed by atoms with E-state index in [-0.39, 0.29) is 18.4 Å². The van der Waals surface area contributed by atoms with Crippen LogP contribution >= 0.6 is 0 Å². The Hall–Kier alpha value is -2.13. The summed E-state index contributed by atoms with van der Waals surface area (Å²) in [6, 6.07) is 3.74. The van der Waals surface area contributed by atoms with Crippen molar-refractivity contribution >= 4 is 24.6 Å². The Kier molecular flexibility index (Phi) is 6.40. The molecular formula is C22H34BN3O5. The maximum Gasteiger partial charge on any atom is 0.496 e. The largest absolute Gasteiger partial charge is 0.496 e. The molecule has 0 unspecified atom stereocenters. The van der Waals surface area contributed by atoms with Gasteiger partial charge in [0.2, 0.25) is 5.91 Å². The molecule has 0 N–H and O–H groups in total. The number of pyridine rings is 1. The summed E-state index contributed by atoms with van der Waals surface area (Å²) in [4.78, 5) is 32.7. The highest BCUT2D eigenvalue weighted by Gasteiger charge is 2.51. The second kappa shape index (κ2) is 8.43. The topological polar surface area (TPSA) is 81.2 Å². The lowest BCUT2D eigenvalue weighted by atomic mass is 9.80. The van der Waals surface area contributed by atoms with Crippen molar-refractivity contribution < 1.29 is 23.6 Å². The number of aromatic nitrogens is 1. The normalized spacial score (nSPS) is 20.7. The third-order valence-electron chi connectivity index (χ3n) is 5.99. The van der Waals surface area contributed by atoms with Crippen molar-refractivity contribution in [2.24, 2.45) is 0 Å². The van der Waals surface area contributed by atoms with Crippen molar-refractivity contribution in [1.82, 2.24) is 14.8 Å². The van der Waals surface area contributed by atoms with Gasteiger partial charge in [0.1, 0.15) is 5.60 Å². The summed E-state index contributed by atoms with van der Waals surface area (Å²) < 4.78 is 17.5. The second-order valence-corrected chi connectivity index (χ2v) is 10.2. The molecule has 0 radical (unpaired) electrons. The molecule has 2 amide bonds. The van der Waals surface area contributed by atoms with Gasteiger partial charge in [0, 0.05) is 43.5 Å². The first-order valence-electron chi connectivity index (χ1n) is 10.8. The van der Waals surface area contributed by atoms with Crippen LogP contribution in [0.3, 0.4) is 0 Å². The third kappa shape index (κ3) is 5.57. The first-order valence-corrected chi connectivity index (χ1v) is 10.8. The van der Waals surface area contributed by atoms with E-state index in [1.807, 2.05) is 60.6 Å². The fourth-order valence-electron chi connectivity index (χ4n) is 3.39. The van der Waals surface area contributed by atoms with E-state index in [0.29, 0.717) is 31.9 Å². The molecule has 2 saturated heterocycles. The lowest BCUT2D eigenvalue weighted by Gasteiger charge is -2.35. The Morgan fingerprint density at radius 2 is 1.58 bits per heavy atom. The monoisotopic (exact) mass is 431 g/mol. The highest BCUT2D eigenvalue weighted by molar-refractivity contribution is 6.62. The van der Waals surface area contributed by atoms with Gasteiger partial charge in [0.15, 0.2) is 0 Å². The number of nitrogens with zero attached hydrogens (tertiary/aromatic N) is 3. The molecule has 3 rings (SSSR count). The quantitative estimate of drug-likeness (QED) is 0.682. The van der Waals surface area contributed by atoms with Gasteiger partial charge >= 0.3 is 13.2 Å². The fourth-order valence-corrected chi connectivity index (χ4v) is 3.39. The van der Waals surface area contributed by atoms with E-state index in [1.54, 1.807) is 16.0 Å². The minimum absolute atomic E-state index is 0.000258. The molecule has 0 aliphatic carbocycles. The molecule has 0 aromatic carbocycles. The number of hydrogen-bond acceptors (Lipinski definition) is 6. The van der Waals surface area contributed by atoms with Crippen LogP contribution in [0.5, 0.6) is 0 Å². The lowest BCUT2D eigenvalue weighted by Crippen LogP contribution is -2.52. The molecule has 1 aromatic heterocycles. The van der Waals surface area contributed by atoms with Gasteiger partial charge < -0.3 is 23.8 Å². The van der Waals surface area contributed by atoms with E-state index in [4.69, 9.17) is 14.0 Å². The maximum atomic E-state index is 12.7. The molecule has 2 aliphatic heterocycles. The highest BCUT2D eigenvalue weighted by Crippen LogP contribution is 2.36. The van der Waals surface area contributed by atoms with Gasteiger partial charge in [-0.1, -0.05) is 6.07 Å². The van der Waals surface area contributed by atoms with E-state index in [1.165, 1.54) is 0 Å². The Morgan fingerprint density at radius 3 is 2.06 bits per heavy atom. The molecule has 0 bridgehead atoms. The first kappa shape index (κ1) is 23.5.